The van der Waals surface area contributed by atoms with Gasteiger partial charge in [-0.2, -0.15) is 15.0 Å². The van der Waals surface area contributed by atoms with E-state index in [1.165, 1.54) is 0 Å². The van der Waals surface area contributed by atoms with Gasteiger partial charge in [-0.05, 0) is 19.1 Å². The van der Waals surface area contributed by atoms with Gasteiger partial charge in [-0.3, -0.25) is 4.98 Å². The summed E-state index contributed by atoms with van der Waals surface area (Å²) >= 11 is 0. The highest BCUT2D eigenvalue weighted by Gasteiger charge is 2.23. The van der Waals surface area contributed by atoms with Gasteiger partial charge in [-0.25, -0.2) is 0 Å². The standard InChI is InChI=1S/C14H17N5O3/c1-9-8-22-5-4-19(9)13-16-12(17-14(21)18-13)10-2-3-11(7-20)15-6-10/h2-3,6,9,20H,4-5,7-8H2,1H3,(H,16,17,18,21)/t9-/m0/s1. The Morgan fingerprint density at radius 1 is 1.32 bits per heavy atom. The Morgan fingerprint density at radius 3 is 2.86 bits per heavy atom. The van der Waals surface area contributed by atoms with Crippen LogP contribution in [0.5, 0.6) is 6.01 Å². The number of anilines is 1. The van der Waals surface area contributed by atoms with Crippen LogP contribution >= 0.6 is 0 Å². The highest BCUT2D eigenvalue weighted by atomic mass is 16.5. The van der Waals surface area contributed by atoms with Crippen molar-refractivity contribution < 1.29 is 14.9 Å². The Hall–Kier alpha value is -2.32. The summed E-state index contributed by atoms with van der Waals surface area (Å²) in [5.41, 5.74) is 1.21. The molecule has 22 heavy (non-hydrogen) atoms. The van der Waals surface area contributed by atoms with Crippen molar-refractivity contribution in [1.29, 1.82) is 0 Å². The summed E-state index contributed by atoms with van der Waals surface area (Å²) in [7, 11) is 0. The molecule has 0 aromatic carbocycles. The predicted octanol–water partition coefficient (Wildman–Crippen LogP) is 0.357. The summed E-state index contributed by atoms with van der Waals surface area (Å²) in [6.45, 7) is 3.73. The zero-order valence-corrected chi connectivity index (χ0v) is 12.2. The number of aliphatic hydroxyl groups is 1. The molecule has 8 nitrogen and oxygen atoms in total. The van der Waals surface area contributed by atoms with Crippen LogP contribution in [0, 0.1) is 0 Å². The number of morpholine rings is 1. The van der Waals surface area contributed by atoms with Crippen molar-refractivity contribution in [2.45, 2.75) is 19.6 Å². The average Bonchev–Trinajstić information content (AvgIpc) is 2.55. The number of aromatic nitrogens is 4. The fraction of sp³-hybridized carbons (Fsp3) is 0.429. The second kappa shape index (κ2) is 6.20. The molecule has 0 spiro atoms. The lowest BCUT2D eigenvalue weighted by atomic mass is 10.2. The van der Waals surface area contributed by atoms with E-state index >= 15 is 0 Å². The SMILES string of the molecule is C[C@H]1COCCN1c1nc(O)nc(-c2ccc(CO)nc2)n1. The van der Waals surface area contributed by atoms with E-state index in [1.54, 1.807) is 18.3 Å². The Kier molecular flexibility index (Phi) is 4.12. The van der Waals surface area contributed by atoms with Crippen LogP contribution in [0.1, 0.15) is 12.6 Å². The third kappa shape index (κ3) is 2.97. The molecule has 0 unspecified atom stereocenters. The largest absolute Gasteiger partial charge is 0.479 e. The molecule has 0 radical (unpaired) electrons. The molecule has 0 bridgehead atoms. The fourth-order valence-electron chi connectivity index (χ4n) is 2.29. The molecule has 0 aliphatic carbocycles. The monoisotopic (exact) mass is 303 g/mol. The lowest BCUT2D eigenvalue weighted by molar-refractivity contribution is 0.0980. The molecular weight excluding hydrogens is 286 g/mol. The predicted molar refractivity (Wildman–Crippen MR) is 78.3 cm³/mol. The van der Waals surface area contributed by atoms with Gasteiger partial charge in [0.2, 0.25) is 5.95 Å². The molecule has 1 aliphatic heterocycles. The number of nitrogens with zero attached hydrogens (tertiary/aromatic N) is 5. The first-order chi connectivity index (χ1) is 10.7. The lowest BCUT2D eigenvalue weighted by Crippen LogP contribution is -2.44. The van der Waals surface area contributed by atoms with Gasteiger partial charge in [0.15, 0.2) is 5.82 Å². The van der Waals surface area contributed by atoms with Crippen molar-refractivity contribution >= 4 is 5.95 Å². The van der Waals surface area contributed by atoms with Gasteiger partial charge >= 0.3 is 6.01 Å². The summed E-state index contributed by atoms with van der Waals surface area (Å²) < 4.78 is 5.40. The van der Waals surface area contributed by atoms with Crippen LogP contribution < -0.4 is 4.90 Å². The zero-order valence-electron chi connectivity index (χ0n) is 12.2. The minimum atomic E-state index is -0.329. The van der Waals surface area contributed by atoms with Gasteiger partial charge in [0.05, 0.1) is 31.6 Å². The molecule has 1 aliphatic rings. The molecule has 3 rings (SSSR count). The van der Waals surface area contributed by atoms with E-state index < -0.39 is 0 Å². The van der Waals surface area contributed by atoms with Gasteiger partial charge in [-0.15, -0.1) is 0 Å². The summed E-state index contributed by atoms with van der Waals surface area (Å²) in [6, 6.07) is 3.23. The van der Waals surface area contributed by atoms with Crippen LogP contribution in [0.25, 0.3) is 11.4 Å². The Bertz CT molecular complexity index is 649. The van der Waals surface area contributed by atoms with Crippen molar-refractivity contribution in [2.24, 2.45) is 0 Å². The normalized spacial score (nSPS) is 18.5. The number of hydrogen-bond acceptors (Lipinski definition) is 8. The minimum absolute atomic E-state index is 0.123. The Labute approximate surface area is 127 Å². The van der Waals surface area contributed by atoms with Crippen LogP contribution in [-0.2, 0) is 11.3 Å². The van der Waals surface area contributed by atoms with Crippen molar-refractivity contribution in [2.75, 3.05) is 24.7 Å². The molecule has 8 heteroatoms. The van der Waals surface area contributed by atoms with Gasteiger partial charge < -0.3 is 19.8 Å². The van der Waals surface area contributed by atoms with Crippen LogP contribution in [0.3, 0.4) is 0 Å². The quantitative estimate of drug-likeness (QED) is 0.837. The smallest absolute Gasteiger partial charge is 0.319 e. The molecule has 1 atom stereocenters. The first-order valence-electron chi connectivity index (χ1n) is 7.03. The summed E-state index contributed by atoms with van der Waals surface area (Å²) in [4.78, 5) is 18.5. The zero-order chi connectivity index (χ0) is 15.5. The number of aromatic hydroxyl groups is 1. The Balaban J connectivity index is 1.94. The second-order valence-corrected chi connectivity index (χ2v) is 5.07. The van der Waals surface area contributed by atoms with Gasteiger partial charge in [0.25, 0.3) is 0 Å². The van der Waals surface area contributed by atoms with E-state index in [0.29, 0.717) is 42.8 Å². The van der Waals surface area contributed by atoms with Gasteiger partial charge in [0, 0.05) is 18.3 Å². The van der Waals surface area contributed by atoms with Crippen LogP contribution in [-0.4, -0.2) is 55.9 Å². The van der Waals surface area contributed by atoms with Gasteiger partial charge in [0.1, 0.15) is 0 Å². The van der Waals surface area contributed by atoms with E-state index in [0.717, 1.165) is 0 Å². The second-order valence-electron chi connectivity index (χ2n) is 5.07. The fourth-order valence-corrected chi connectivity index (χ4v) is 2.29. The number of pyridine rings is 1. The summed E-state index contributed by atoms with van der Waals surface area (Å²) in [5, 5.41) is 18.8. The molecule has 2 aromatic heterocycles. The maximum absolute atomic E-state index is 9.79. The van der Waals surface area contributed by atoms with E-state index in [9.17, 15) is 5.11 Å². The van der Waals surface area contributed by atoms with Crippen LogP contribution in [0.15, 0.2) is 18.3 Å². The maximum Gasteiger partial charge on any atom is 0.319 e. The summed E-state index contributed by atoms with van der Waals surface area (Å²) in [6.07, 6.45) is 1.56. The Morgan fingerprint density at radius 2 is 2.18 bits per heavy atom. The van der Waals surface area contributed by atoms with E-state index in [-0.39, 0.29) is 18.7 Å². The molecule has 1 fully saturated rings. The van der Waals surface area contributed by atoms with Crippen LogP contribution in [0.4, 0.5) is 5.95 Å². The molecule has 1 saturated heterocycles. The van der Waals surface area contributed by atoms with E-state index in [1.807, 2.05) is 11.8 Å². The topological polar surface area (TPSA) is 104 Å². The number of aliphatic hydroxyl groups excluding tert-OH is 1. The van der Waals surface area contributed by atoms with Crippen molar-refractivity contribution in [3.63, 3.8) is 0 Å². The molecule has 0 amide bonds. The molecule has 116 valence electrons. The van der Waals surface area contributed by atoms with Crippen LogP contribution in [0.2, 0.25) is 0 Å². The van der Waals surface area contributed by atoms with Crippen molar-refractivity contribution in [3.05, 3.63) is 24.0 Å². The van der Waals surface area contributed by atoms with Gasteiger partial charge in [-0.1, -0.05) is 0 Å². The highest BCUT2D eigenvalue weighted by Crippen LogP contribution is 2.22. The highest BCUT2D eigenvalue weighted by molar-refractivity contribution is 5.55. The average molecular weight is 303 g/mol. The molecule has 2 N–H and O–H groups in total. The molecule has 3 heterocycles. The molecular formula is C14H17N5O3. The first-order valence-corrected chi connectivity index (χ1v) is 7.03. The third-order valence-corrected chi connectivity index (χ3v) is 3.48. The van der Waals surface area contributed by atoms with E-state index in [4.69, 9.17) is 9.84 Å². The minimum Gasteiger partial charge on any atom is -0.479 e. The van der Waals surface area contributed by atoms with Crippen molar-refractivity contribution in [1.82, 2.24) is 19.9 Å². The number of ether oxygens (including phenoxy) is 1. The first kappa shape index (κ1) is 14.6. The lowest BCUT2D eigenvalue weighted by Gasteiger charge is -2.33. The van der Waals surface area contributed by atoms with Crippen molar-refractivity contribution in [3.8, 4) is 17.4 Å². The molecule has 0 saturated carbocycles. The maximum atomic E-state index is 9.79. The molecule has 2 aromatic rings. The summed E-state index contributed by atoms with van der Waals surface area (Å²) in [5.74, 6) is 0.766. The van der Waals surface area contributed by atoms with E-state index in [2.05, 4.69) is 19.9 Å². The third-order valence-electron chi connectivity index (χ3n) is 3.48. The number of rotatable bonds is 3. The number of hydrogen-bond donors (Lipinski definition) is 2.